The van der Waals surface area contributed by atoms with Gasteiger partial charge in [0.05, 0.1) is 18.1 Å². The molecule has 0 radical (unpaired) electrons. The van der Waals surface area contributed by atoms with Crippen LogP contribution in [0, 0.1) is 6.92 Å². The van der Waals surface area contributed by atoms with Crippen molar-refractivity contribution in [2.75, 3.05) is 0 Å². The van der Waals surface area contributed by atoms with E-state index in [4.69, 9.17) is 5.11 Å². The van der Waals surface area contributed by atoms with Crippen molar-refractivity contribution in [3.63, 3.8) is 0 Å². The Kier molecular flexibility index (Phi) is 2.01. The smallest absolute Gasteiger partial charge is 0.340 e. The Labute approximate surface area is 83.0 Å². The quantitative estimate of drug-likeness (QED) is 0.790. The fourth-order valence-corrected chi connectivity index (χ4v) is 1.87. The number of hydrogen-bond donors (Lipinski definition) is 1. The lowest BCUT2D eigenvalue weighted by molar-refractivity contribution is 0.0696. The molecule has 2 rings (SSSR count). The molecule has 0 saturated heterocycles. The highest BCUT2D eigenvalue weighted by Gasteiger charge is 2.19. The third kappa shape index (κ3) is 1.27. The molecule has 6 nitrogen and oxygen atoms in total. The number of aryl methyl sites for hydroxylation is 1. The molecule has 0 saturated carbocycles. The summed E-state index contributed by atoms with van der Waals surface area (Å²) in [5.41, 5.74) is 0.640. The summed E-state index contributed by atoms with van der Waals surface area (Å²) in [5.74, 6) is -1.01. The van der Waals surface area contributed by atoms with Gasteiger partial charge < -0.3 is 5.11 Å². The van der Waals surface area contributed by atoms with Crippen molar-refractivity contribution in [3.8, 4) is 5.00 Å². The molecule has 0 aliphatic rings. The minimum Gasteiger partial charge on any atom is -0.478 e. The van der Waals surface area contributed by atoms with Gasteiger partial charge in [0.15, 0.2) is 5.00 Å². The Hall–Kier alpha value is -1.76. The largest absolute Gasteiger partial charge is 0.478 e. The summed E-state index contributed by atoms with van der Waals surface area (Å²) in [4.78, 5) is 12.2. The van der Waals surface area contributed by atoms with Crippen LogP contribution in [-0.4, -0.2) is 30.4 Å². The average molecular weight is 210 g/mol. The first kappa shape index (κ1) is 8.82. The van der Waals surface area contributed by atoms with Gasteiger partial charge in [0.25, 0.3) is 0 Å². The van der Waals surface area contributed by atoms with Gasteiger partial charge in [-0.1, -0.05) is 0 Å². The normalized spacial score (nSPS) is 10.4. The average Bonchev–Trinajstić information content (AvgIpc) is 2.70. The van der Waals surface area contributed by atoms with Gasteiger partial charge in [-0.05, 0) is 18.5 Å². The van der Waals surface area contributed by atoms with Gasteiger partial charge in [-0.25, -0.2) is 4.79 Å². The number of carbonyl (C=O) groups is 1. The van der Waals surface area contributed by atoms with Crippen molar-refractivity contribution < 1.29 is 9.90 Å². The fraction of sp³-hybridized carbons (Fsp3) is 0.143. The van der Waals surface area contributed by atoms with E-state index in [9.17, 15) is 4.79 Å². The Morgan fingerprint density at radius 3 is 2.71 bits per heavy atom. The number of carboxylic acid groups (broad SMARTS) is 1. The Balaban J connectivity index is 2.60. The number of aromatic nitrogens is 4. The maximum Gasteiger partial charge on any atom is 0.340 e. The van der Waals surface area contributed by atoms with E-state index in [-0.39, 0.29) is 5.56 Å². The predicted molar refractivity (Wildman–Crippen MR) is 48.7 cm³/mol. The van der Waals surface area contributed by atoms with Crippen molar-refractivity contribution in [1.82, 2.24) is 19.4 Å². The van der Waals surface area contributed by atoms with Crippen LogP contribution in [0.25, 0.3) is 5.00 Å². The third-order valence-corrected chi connectivity index (χ3v) is 2.56. The summed E-state index contributed by atoms with van der Waals surface area (Å²) in [6.45, 7) is 1.65. The molecule has 14 heavy (non-hydrogen) atoms. The molecule has 2 aromatic heterocycles. The van der Waals surface area contributed by atoms with Crippen molar-refractivity contribution in [2.45, 2.75) is 6.92 Å². The highest BCUT2D eigenvalue weighted by molar-refractivity contribution is 7.09. The maximum atomic E-state index is 10.9. The van der Waals surface area contributed by atoms with Gasteiger partial charge in [0.1, 0.15) is 5.56 Å². The molecule has 0 bridgehead atoms. The summed E-state index contributed by atoms with van der Waals surface area (Å²) in [5, 5.41) is 17.1. The number of rotatable bonds is 2. The first-order chi connectivity index (χ1) is 6.70. The van der Waals surface area contributed by atoms with Crippen LogP contribution in [0.2, 0.25) is 0 Å². The van der Waals surface area contributed by atoms with Gasteiger partial charge in [0, 0.05) is 0 Å². The predicted octanol–water partition coefficient (Wildman–Crippen LogP) is 0.730. The topological polar surface area (TPSA) is 80.9 Å². The van der Waals surface area contributed by atoms with E-state index in [0.29, 0.717) is 10.7 Å². The SMILES string of the molecule is Cc1nsc(-n2nccn2)c1C(=O)O. The second-order valence-corrected chi connectivity index (χ2v) is 3.32. The molecule has 1 N–H and O–H groups in total. The molecular formula is C7H6N4O2S. The van der Waals surface area contributed by atoms with Crippen LogP contribution in [0.1, 0.15) is 16.1 Å². The molecule has 2 heterocycles. The highest BCUT2D eigenvalue weighted by atomic mass is 32.1. The Bertz CT molecular complexity index is 462. The summed E-state index contributed by atoms with van der Waals surface area (Å²) < 4.78 is 3.95. The Morgan fingerprint density at radius 1 is 1.50 bits per heavy atom. The van der Waals surface area contributed by atoms with E-state index >= 15 is 0 Å². The second-order valence-electron chi connectivity index (χ2n) is 2.57. The van der Waals surface area contributed by atoms with Gasteiger partial charge in [-0.3, -0.25) is 0 Å². The van der Waals surface area contributed by atoms with Gasteiger partial charge in [0.2, 0.25) is 0 Å². The molecule has 72 valence electrons. The van der Waals surface area contributed by atoms with Crippen LogP contribution in [0.5, 0.6) is 0 Å². The lowest BCUT2D eigenvalue weighted by atomic mass is 10.2. The number of hydrogen-bond acceptors (Lipinski definition) is 5. The minimum atomic E-state index is -1.01. The summed E-state index contributed by atoms with van der Waals surface area (Å²) in [7, 11) is 0. The van der Waals surface area contributed by atoms with E-state index in [1.54, 1.807) is 6.92 Å². The van der Waals surface area contributed by atoms with Crippen molar-refractivity contribution >= 4 is 17.5 Å². The second kappa shape index (κ2) is 3.18. The Morgan fingerprint density at radius 2 is 2.14 bits per heavy atom. The standard InChI is InChI=1S/C7H6N4O2S/c1-4-5(7(12)13)6(14-10-4)11-8-2-3-9-11/h2-3H,1H3,(H,12,13). The summed E-state index contributed by atoms with van der Waals surface area (Å²) in [6.07, 6.45) is 2.97. The maximum absolute atomic E-state index is 10.9. The minimum absolute atomic E-state index is 0.159. The van der Waals surface area contributed by atoms with Gasteiger partial charge in [-0.15, -0.1) is 4.80 Å². The molecule has 0 spiro atoms. The lowest BCUT2D eigenvalue weighted by Crippen LogP contribution is -2.05. The fourth-order valence-electron chi connectivity index (χ4n) is 1.06. The zero-order valence-electron chi connectivity index (χ0n) is 7.21. The van der Waals surface area contributed by atoms with E-state index in [2.05, 4.69) is 14.6 Å². The number of aromatic carboxylic acids is 1. The molecule has 0 aliphatic carbocycles. The van der Waals surface area contributed by atoms with Crippen LogP contribution in [0.4, 0.5) is 0 Å². The molecular weight excluding hydrogens is 204 g/mol. The van der Waals surface area contributed by atoms with Crippen molar-refractivity contribution in [2.24, 2.45) is 0 Å². The first-order valence-corrected chi connectivity index (χ1v) is 4.53. The van der Waals surface area contributed by atoms with E-state index in [1.165, 1.54) is 17.2 Å². The van der Waals surface area contributed by atoms with Crippen LogP contribution < -0.4 is 0 Å². The molecule has 0 unspecified atom stereocenters. The monoisotopic (exact) mass is 210 g/mol. The van der Waals surface area contributed by atoms with Crippen LogP contribution in [-0.2, 0) is 0 Å². The van der Waals surface area contributed by atoms with Gasteiger partial charge >= 0.3 is 5.97 Å². The molecule has 0 aromatic carbocycles. The molecule has 0 atom stereocenters. The van der Waals surface area contributed by atoms with Crippen LogP contribution >= 0.6 is 11.5 Å². The van der Waals surface area contributed by atoms with E-state index in [1.807, 2.05) is 0 Å². The first-order valence-electron chi connectivity index (χ1n) is 3.76. The molecule has 0 fully saturated rings. The van der Waals surface area contributed by atoms with Crippen LogP contribution in [0.3, 0.4) is 0 Å². The number of carboxylic acids is 1. The molecule has 2 aromatic rings. The summed E-state index contributed by atoms with van der Waals surface area (Å²) >= 11 is 1.07. The van der Waals surface area contributed by atoms with Crippen LogP contribution in [0.15, 0.2) is 12.4 Å². The molecule has 0 aliphatic heterocycles. The molecule has 0 amide bonds. The summed E-state index contributed by atoms with van der Waals surface area (Å²) in [6, 6.07) is 0. The number of nitrogens with zero attached hydrogens (tertiary/aromatic N) is 4. The zero-order valence-corrected chi connectivity index (χ0v) is 8.02. The van der Waals surface area contributed by atoms with Crippen molar-refractivity contribution in [1.29, 1.82) is 0 Å². The lowest BCUT2D eigenvalue weighted by Gasteiger charge is -1.96. The third-order valence-electron chi connectivity index (χ3n) is 1.66. The van der Waals surface area contributed by atoms with E-state index in [0.717, 1.165) is 11.5 Å². The zero-order chi connectivity index (χ0) is 10.1. The highest BCUT2D eigenvalue weighted by Crippen LogP contribution is 2.21. The van der Waals surface area contributed by atoms with Gasteiger partial charge in [-0.2, -0.15) is 14.6 Å². The molecule has 7 heteroatoms. The van der Waals surface area contributed by atoms with E-state index < -0.39 is 5.97 Å². The van der Waals surface area contributed by atoms with Crippen molar-refractivity contribution in [3.05, 3.63) is 23.7 Å².